The molecule has 5 nitrogen and oxygen atoms in total. The van der Waals surface area contributed by atoms with Crippen molar-refractivity contribution in [1.82, 2.24) is 10.2 Å². The SMILES string of the molecule is CC[C@H](C)NC(=O)[C@@H](Cc1ccccc1)N(Cc1ccccc1F)C(=O)COc1ccc(Br)c(C)c1. The highest BCUT2D eigenvalue weighted by Gasteiger charge is 2.31. The Morgan fingerprint density at radius 3 is 2.42 bits per heavy atom. The molecule has 3 aromatic rings. The molecule has 0 spiro atoms. The van der Waals surface area contributed by atoms with Gasteiger partial charge in [-0.25, -0.2) is 4.39 Å². The van der Waals surface area contributed by atoms with Gasteiger partial charge in [0.25, 0.3) is 5.91 Å². The van der Waals surface area contributed by atoms with Crippen LogP contribution in [0.5, 0.6) is 5.75 Å². The largest absolute Gasteiger partial charge is 0.484 e. The lowest BCUT2D eigenvalue weighted by molar-refractivity contribution is -0.143. The molecule has 0 bridgehead atoms. The van der Waals surface area contributed by atoms with Crippen LogP contribution in [0.1, 0.15) is 37.0 Å². The highest BCUT2D eigenvalue weighted by atomic mass is 79.9. The molecular formula is C29H32BrFN2O3. The zero-order valence-corrected chi connectivity index (χ0v) is 22.4. The maximum Gasteiger partial charge on any atom is 0.261 e. The highest BCUT2D eigenvalue weighted by Crippen LogP contribution is 2.22. The number of nitrogens with one attached hydrogen (secondary N) is 1. The maximum atomic E-state index is 14.6. The first-order valence-electron chi connectivity index (χ1n) is 12.0. The van der Waals surface area contributed by atoms with Crippen molar-refractivity contribution in [1.29, 1.82) is 0 Å². The Bertz CT molecular complexity index is 1170. The summed E-state index contributed by atoms with van der Waals surface area (Å²) in [7, 11) is 0. The molecule has 0 aliphatic rings. The standard InChI is InChI=1S/C29H32BrFN2O3/c1-4-21(3)32-29(35)27(17-22-10-6-5-7-11-22)33(18-23-12-8-9-13-26(23)31)28(34)19-36-24-14-15-25(30)20(2)16-24/h5-16,21,27H,4,17-19H2,1-3H3,(H,32,35)/t21-,27+/m0/s1. The van der Waals surface area contributed by atoms with Crippen molar-refractivity contribution in [2.45, 2.75) is 52.2 Å². The van der Waals surface area contributed by atoms with Gasteiger partial charge in [-0.1, -0.05) is 71.4 Å². The monoisotopic (exact) mass is 554 g/mol. The first kappa shape index (κ1) is 27.4. The third-order valence-electron chi connectivity index (χ3n) is 6.06. The number of hydrogen-bond acceptors (Lipinski definition) is 3. The van der Waals surface area contributed by atoms with Gasteiger partial charge >= 0.3 is 0 Å². The molecule has 190 valence electrons. The normalized spacial score (nSPS) is 12.5. The van der Waals surface area contributed by atoms with Crippen LogP contribution in [0, 0.1) is 12.7 Å². The van der Waals surface area contributed by atoms with Crippen molar-refractivity contribution in [2.24, 2.45) is 0 Å². The molecule has 0 radical (unpaired) electrons. The molecule has 0 saturated carbocycles. The van der Waals surface area contributed by atoms with E-state index in [1.165, 1.54) is 11.0 Å². The first-order valence-corrected chi connectivity index (χ1v) is 12.8. The van der Waals surface area contributed by atoms with Crippen molar-refractivity contribution < 1.29 is 18.7 Å². The third-order valence-corrected chi connectivity index (χ3v) is 6.95. The second-order valence-electron chi connectivity index (χ2n) is 8.84. The topological polar surface area (TPSA) is 58.6 Å². The van der Waals surface area contributed by atoms with E-state index >= 15 is 0 Å². The van der Waals surface area contributed by atoms with Gasteiger partial charge in [-0.15, -0.1) is 0 Å². The van der Waals surface area contributed by atoms with Crippen LogP contribution in [0.2, 0.25) is 0 Å². The van der Waals surface area contributed by atoms with E-state index in [1.54, 1.807) is 24.3 Å². The Balaban J connectivity index is 1.92. The number of rotatable bonds is 11. The van der Waals surface area contributed by atoms with Crippen LogP contribution in [0.15, 0.2) is 77.3 Å². The summed E-state index contributed by atoms with van der Waals surface area (Å²) in [5.41, 5.74) is 2.20. The smallest absolute Gasteiger partial charge is 0.261 e. The van der Waals surface area contributed by atoms with Crippen LogP contribution < -0.4 is 10.1 Å². The van der Waals surface area contributed by atoms with Crippen LogP contribution in [-0.2, 0) is 22.6 Å². The van der Waals surface area contributed by atoms with Gasteiger partial charge in [0.15, 0.2) is 6.61 Å². The lowest BCUT2D eigenvalue weighted by Crippen LogP contribution is -2.53. The number of benzene rings is 3. The van der Waals surface area contributed by atoms with E-state index < -0.39 is 17.8 Å². The van der Waals surface area contributed by atoms with Gasteiger partial charge in [0, 0.05) is 29.0 Å². The van der Waals surface area contributed by atoms with Crippen LogP contribution in [0.25, 0.3) is 0 Å². The van der Waals surface area contributed by atoms with Gasteiger partial charge in [0.1, 0.15) is 17.6 Å². The van der Waals surface area contributed by atoms with Gasteiger partial charge in [-0.05, 0) is 55.7 Å². The van der Waals surface area contributed by atoms with Gasteiger partial charge < -0.3 is 15.0 Å². The Kier molecular flexibility index (Phi) is 10.1. The van der Waals surface area contributed by atoms with E-state index in [9.17, 15) is 14.0 Å². The third kappa shape index (κ3) is 7.65. The quantitative estimate of drug-likeness (QED) is 0.324. The lowest BCUT2D eigenvalue weighted by Gasteiger charge is -2.32. The number of halogens is 2. The molecule has 7 heteroatoms. The number of hydrogen-bond donors (Lipinski definition) is 1. The maximum absolute atomic E-state index is 14.6. The van der Waals surface area contributed by atoms with Crippen LogP contribution in [0.4, 0.5) is 4.39 Å². The molecule has 36 heavy (non-hydrogen) atoms. The average Bonchev–Trinajstić information content (AvgIpc) is 2.88. The Morgan fingerprint density at radius 2 is 1.75 bits per heavy atom. The molecule has 0 unspecified atom stereocenters. The summed E-state index contributed by atoms with van der Waals surface area (Å²) >= 11 is 3.46. The molecule has 0 aliphatic heterocycles. The van der Waals surface area contributed by atoms with Crippen LogP contribution in [-0.4, -0.2) is 35.4 Å². The Hall–Kier alpha value is -3.19. The molecular weight excluding hydrogens is 523 g/mol. The zero-order valence-electron chi connectivity index (χ0n) is 20.8. The summed E-state index contributed by atoms with van der Waals surface area (Å²) in [5, 5.41) is 3.00. The molecule has 3 aromatic carbocycles. The van der Waals surface area contributed by atoms with Crippen molar-refractivity contribution in [3.63, 3.8) is 0 Å². The number of carbonyl (C=O) groups excluding carboxylic acids is 2. The van der Waals surface area contributed by atoms with Crippen molar-refractivity contribution >= 4 is 27.7 Å². The van der Waals surface area contributed by atoms with Gasteiger partial charge in [0.2, 0.25) is 5.91 Å². The molecule has 0 aliphatic carbocycles. The second-order valence-corrected chi connectivity index (χ2v) is 9.69. The molecule has 0 fully saturated rings. The summed E-state index contributed by atoms with van der Waals surface area (Å²) in [5.74, 6) is -0.574. The summed E-state index contributed by atoms with van der Waals surface area (Å²) in [6.45, 7) is 5.49. The molecule has 1 N–H and O–H groups in total. The van der Waals surface area contributed by atoms with Crippen molar-refractivity contribution in [3.8, 4) is 5.75 Å². The number of ether oxygens (including phenoxy) is 1. The van der Waals surface area contributed by atoms with Crippen molar-refractivity contribution in [2.75, 3.05) is 6.61 Å². The second kappa shape index (κ2) is 13.2. The van der Waals surface area contributed by atoms with E-state index in [2.05, 4.69) is 21.2 Å². The predicted molar refractivity (Wildman–Crippen MR) is 143 cm³/mol. The predicted octanol–water partition coefficient (Wildman–Crippen LogP) is 5.83. The van der Waals surface area contributed by atoms with Crippen molar-refractivity contribution in [3.05, 3.63) is 99.8 Å². The zero-order chi connectivity index (χ0) is 26.1. The van der Waals surface area contributed by atoms with E-state index in [4.69, 9.17) is 4.74 Å². The minimum Gasteiger partial charge on any atom is -0.484 e. The minimum atomic E-state index is -0.844. The van der Waals surface area contributed by atoms with Crippen LogP contribution in [0.3, 0.4) is 0 Å². The van der Waals surface area contributed by atoms with E-state index in [0.29, 0.717) is 17.7 Å². The van der Waals surface area contributed by atoms with E-state index in [1.807, 2.05) is 63.2 Å². The summed E-state index contributed by atoms with van der Waals surface area (Å²) < 4.78 is 21.4. The lowest BCUT2D eigenvalue weighted by atomic mass is 10.0. The van der Waals surface area contributed by atoms with Crippen LogP contribution >= 0.6 is 15.9 Å². The van der Waals surface area contributed by atoms with Gasteiger partial charge in [-0.2, -0.15) is 0 Å². The van der Waals surface area contributed by atoms with E-state index in [-0.39, 0.29) is 25.1 Å². The fourth-order valence-electron chi connectivity index (χ4n) is 3.74. The number of aryl methyl sites for hydroxylation is 1. The minimum absolute atomic E-state index is 0.0559. The molecule has 0 saturated heterocycles. The number of nitrogens with zero attached hydrogens (tertiary/aromatic N) is 1. The summed E-state index contributed by atoms with van der Waals surface area (Å²) in [6, 6.07) is 20.3. The van der Waals surface area contributed by atoms with E-state index in [0.717, 1.165) is 22.0 Å². The summed E-state index contributed by atoms with van der Waals surface area (Å²) in [6.07, 6.45) is 1.04. The number of amides is 2. The first-order chi connectivity index (χ1) is 17.3. The fourth-order valence-corrected chi connectivity index (χ4v) is 3.99. The van der Waals surface area contributed by atoms with Gasteiger partial charge in [-0.3, -0.25) is 9.59 Å². The Morgan fingerprint density at radius 1 is 1.06 bits per heavy atom. The molecule has 3 rings (SSSR count). The molecule has 2 atom stereocenters. The number of carbonyl (C=O) groups is 2. The Labute approximate surface area is 220 Å². The molecule has 2 amide bonds. The summed E-state index contributed by atoms with van der Waals surface area (Å²) in [4.78, 5) is 28.4. The molecule has 0 heterocycles. The average molecular weight is 555 g/mol. The van der Waals surface area contributed by atoms with Gasteiger partial charge in [0.05, 0.1) is 0 Å². The highest BCUT2D eigenvalue weighted by molar-refractivity contribution is 9.10. The fraction of sp³-hybridized carbons (Fsp3) is 0.310. The molecule has 0 aromatic heterocycles.